The topological polar surface area (TPSA) is 44.4 Å². The molecule has 1 rings (SSSR count). The van der Waals surface area contributed by atoms with Gasteiger partial charge in [-0.05, 0) is 70.8 Å². The number of benzene rings is 1. The van der Waals surface area contributed by atoms with Gasteiger partial charge in [0.15, 0.2) is 0 Å². The van der Waals surface area contributed by atoms with Gasteiger partial charge in [-0.15, -0.1) is 0 Å². The van der Waals surface area contributed by atoms with Crippen LogP contribution in [-0.4, -0.2) is 24.9 Å². The van der Waals surface area contributed by atoms with Crippen molar-refractivity contribution < 1.29 is 4.79 Å². The molecule has 0 heterocycles. The Morgan fingerprint density at radius 3 is 2.60 bits per heavy atom. The van der Waals surface area contributed by atoms with Crippen LogP contribution in [0.3, 0.4) is 0 Å². The molecule has 0 radical (unpaired) electrons. The lowest BCUT2D eigenvalue weighted by Gasteiger charge is -2.12. The molecule has 0 atom stereocenters. The Morgan fingerprint density at radius 1 is 1.20 bits per heavy atom. The molecule has 0 unspecified atom stereocenters. The second-order valence-corrected chi connectivity index (χ2v) is 6.29. The van der Waals surface area contributed by atoms with E-state index in [1.54, 1.807) is 0 Å². The lowest BCUT2D eigenvalue weighted by molar-refractivity contribution is -0.116. The van der Waals surface area contributed by atoms with Gasteiger partial charge in [0.2, 0.25) is 5.91 Å². The molecule has 0 spiro atoms. The normalized spacial score (nSPS) is 12.7. The number of allylic oxidation sites excluding steroid dienone is 4. The van der Waals surface area contributed by atoms with Crippen molar-refractivity contribution in [3.05, 3.63) is 65.5 Å². The van der Waals surface area contributed by atoms with Gasteiger partial charge in [0.1, 0.15) is 0 Å². The number of hydrogen-bond donors (Lipinski definition) is 2. The standard InChI is InChI=1S/C21H31N3O/c1-6-13-22-15-19(17(3)7-2)11-12-21(25)23-20-10-8-9-18(14-20)16-24(4)5/h6-10,13-15,22H,11-12,16H2,1-5H3,(H,23,25)/b13-6+,17-7+,19-15-. The third kappa shape index (κ3) is 8.36. The summed E-state index contributed by atoms with van der Waals surface area (Å²) in [5, 5.41) is 6.13. The number of rotatable bonds is 9. The highest BCUT2D eigenvalue weighted by molar-refractivity contribution is 5.90. The van der Waals surface area contributed by atoms with E-state index in [4.69, 9.17) is 0 Å². The summed E-state index contributed by atoms with van der Waals surface area (Å²) in [5.41, 5.74) is 4.35. The molecule has 0 aliphatic heterocycles. The molecule has 4 nitrogen and oxygen atoms in total. The van der Waals surface area contributed by atoms with Gasteiger partial charge < -0.3 is 15.5 Å². The predicted molar refractivity (Wildman–Crippen MR) is 107 cm³/mol. The lowest BCUT2D eigenvalue weighted by Crippen LogP contribution is -2.13. The smallest absolute Gasteiger partial charge is 0.224 e. The molecule has 0 aliphatic rings. The first kappa shape index (κ1) is 20.7. The number of amides is 1. The molecule has 0 saturated heterocycles. The van der Waals surface area contributed by atoms with Crippen LogP contribution in [0.15, 0.2) is 60.0 Å². The first-order valence-electron chi connectivity index (χ1n) is 8.69. The van der Waals surface area contributed by atoms with E-state index in [2.05, 4.69) is 34.6 Å². The number of nitrogens with one attached hydrogen (secondary N) is 2. The Balaban J connectivity index is 2.64. The number of nitrogens with zero attached hydrogens (tertiary/aromatic N) is 1. The van der Waals surface area contributed by atoms with E-state index in [9.17, 15) is 4.79 Å². The summed E-state index contributed by atoms with van der Waals surface area (Å²) in [6.45, 7) is 6.88. The first-order valence-corrected chi connectivity index (χ1v) is 8.69. The van der Waals surface area contributed by atoms with E-state index in [1.807, 2.05) is 64.6 Å². The van der Waals surface area contributed by atoms with Crippen LogP contribution < -0.4 is 10.6 Å². The number of hydrogen-bond acceptors (Lipinski definition) is 3. The molecule has 0 saturated carbocycles. The van der Waals surface area contributed by atoms with Crippen molar-refractivity contribution in [3.63, 3.8) is 0 Å². The summed E-state index contributed by atoms with van der Waals surface area (Å²) >= 11 is 0. The monoisotopic (exact) mass is 341 g/mol. The molecule has 0 aliphatic carbocycles. The van der Waals surface area contributed by atoms with Crippen LogP contribution >= 0.6 is 0 Å². The fraction of sp³-hybridized carbons (Fsp3) is 0.381. The van der Waals surface area contributed by atoms with Gasteiger partial charge in [-0.1, -0.05) is 29.9 Å². The van der Waals surface area contributed by atoms with Crippen molar-refractivity contribution in [2.45, 2.75) is 40.2 Å². The molecule has 0 fully saturated rings. The van der Waals surface area contributed by atoms with E-state index in [1.165, 1.54) is 11.1 Å². The zero-order valence-corrected chi connectivity index (χ0v) is 16.1. The molecule has 2 N–H and O–H groups in total. The molecule has 25 heavy (non-hydrogen) atoms. The highest BCUT2D eigenvalue weighted by atomic mass is 16.1. The third-order valence-electron chi connectivity index (χ3n) is 3.79. The van der Waals surface area contributed by atoms with E-state index in [0.717, 1.165) is 17.8 Å². The lowest BCUT2D eigenvalue weighted by atomic mass is 10.0. The molecule has 0 bridgehead atoms. The van der Waals surface area contributed by atoms with Gasteiger partial charge in [0.05, 0.1) is 0 Å². The molecule has 136 valence electrons. The maximum Gasteiger partial charge on any atom is 0.224 e. The summed E-state index contributed by atoms with van der Waals surface area (Å²) in [6, 6.07) is 8.00. The van der Waals surface area contributed by atoms with Crippen LogP contribution in [0.25, 0.3) is 0 Å². The van der Waals surface area contributed by atoms with Gasteiger partial charge in [0.25, 0.3) is 0 Å². The highest BCUT2D eigenvalue weighted by Crippen LogP contribution is 2.17. The van der Waals surface area contributed by atoms with Gasteiger partial charge >= 0.3 is 0 Å². The van der Waals surface area contributed by atoms with E-state index in [-0.39, 0.29) is 5.91 Å². The molecule has 4 heteroatoms. The van der Waals surface area contributed by atoms with Crippen LogP contribution in [-0.2, 0) is 11.3 Å². The van der Waals surface area contributed by atoms with Crippen LogP contribution in [0.5, 0.6) is 0 Å². The van der Waals surface area contributed by atoms with Crippen LogP contribution in [0, 0.1) is 0 Å². The fourth-order valence-corrected chi connectivity index (χ4v) is 2.40. The minimum atomic E-state index is 0.0304. The second-order valence-electron chi connectivity index (χ2n) is 6.29. The average molecular weight is 341 g/mol. The number of anilines is 1. The fourth-order valence-electron chi connectivity index (χ4n) is 2.40. The van der Waals surface area contributed by atoms with Crippen molar-refractivity contribution in [2.75, 3.05) is 19.4 Å². The van der Waals surface area contributed by atoms with Crippen molar-refractivity contribution in [1.29, 1.82) is 0 Å². The van der Waals surface area contributed by atoms with Crippen molar-refractivity contribution in [1.82, 2.24) is 10.2 Å². The van der Waals surface area contributed by atoms with E-state index < -0.39 is 0 Å². The van der Waals surface area contributed by atoms with Crippen molar-refractivity contribution in [3.8, 4) is 0 Å². The van der Waals surface area contributed by atoms with Crippen molar-refractivity contribution >= 4 is 11.6 Å². The van der Waals surface area contributed by atoms with Crippen molar-refractivity contribution in [2.24, 2.45) is 0 Å². The van der Waals surface area contributed by atoms with Gasteiger partial charge in [0, 0.05) is 24.9 Å². The summed E-state index contributed by atoms with van der Waals surface area (Å²) in [7, 11) is 4.06. The highest BCUT2D eigenvalue weighted by Gasteiger charge is 2.07. The minimum Gasteiger partial charge on any atom is -0.368 e. The molecular weight excluding hydrogens is 310 g/mol. The Kier molecular flexibility index (Phi) is 9.33. The average Bonchev–Trinajstić information content (AvgIpc) is 2.57. The van der Waals surface area contributed by atoms with Gasteiger partial charge in [-0.3, -0.25) is 4.79 Å². The zero-order chi connectivity index (χ0) is 18.7. The largest absolute Gasteiger partial charge is 0.368 e. The molecule has 1 aromatic rings. The van der Waals surface area contributed by atoms with Gasteiger partial charge in [-0.25, -0.2) is 0 Å². The predicted octanol–water partition coefficient (Wildman–Crippen LogP) is 4.44. The Labute approximate surface area is 152 Å². The Bertz CT molecular complexity index is 642. The molecule has 1 aromatic carbocycles. The molecular formula is C21H31N3O. The van der Waals surface area contributed by atoms with Gasteiger partial charge in [-0.2, -0.15) is 0 Å². The van der Waals surface area contributed by atoms with E-state index >= 15 is 0 Å². The van der Waals surface area contributed by atoms with Crippen LogP contribution in [0.4, 0.5) is 5.69 Å². The minimum absolute atomic E-state index is 0.0304. The second kappa shape index (κ2) is 11.3. The Morgan fingerprint density at radius 2 is 1.96 bits per heavy atom. The first-order chi connectivity index (χ1) is 12.0. The van der Waals surface area contributed by atoms with E-state index in [0.29, 0.717) is 12.8 Å². The summed E-state index contributed by atoms with van der Waals surface area (Å²) < 4.78 is 0. The SMILES string of the molecule is C/C=C/N/C=C(CCC(=O)Nc1cccc(CN(C)C)c1)\C(C)=C\C. The van der Waals surface area contributed by atoms with Crippen LogP contribution in [0.2, 0.25) is 0 Å². The quantitative estimate of drug-likeness (QED) is 0.653. The number of carbonyl (C=O) groups is 1. The maximum atomic E-state index is 12.3. The third-order valence-corrected chi connectivity index (χ3v) is 3.79. The Hall–Kier alpha value is -2.33. The maximum absolute atomic E-state index is 12.3. The summed E-state index contributed by atoms with van der Waals surface area (Å²) in [4.78, 5) is 14.4. The number of carbonyl (C=O) groups excluding carboxylic acids is 1. The molecule has 0 aromatic heterocycles. The zero-order valence-electron chi connectivity index (χ0n) is 16.1. The van der Waals surface area contributed by atoms with Crippen LogP contribution in [0.1, 0.15) is 39.2 Å². The molecule has 1 amide bonds. The summed E-state index contributed by atoms with van der Waals surface area (Å²) in [5.74, 6) is 0.0304. The summed E-state index contributed by atoms with van der Waals surface area (Å²) in [6.07, 6.45) is 8.98.